The molecule has 5 heteroatoms. The maximum Gasteiger partial charge on any atom is 0.339 e. The Hall–Kier alpha value is -0.940. The normalized spacial score (nSPS) is 12.3. The number of benzene rings is 1. The smallest absolute Gasteiger partial charge is 0.339 e. The molecule has 0 aliphatic carbocycles. The number of carbonyl (C=O) groups excluding carboxylic acids is 1. The van der Waals surface area contributed by atoms with E-state index < -0.39 is 17.9 Å². The van der Waals surface area contributed by atoms with Gasteiger partial charge in [-0.2, -0.15) is 0 Å². The van der Waals surface area contributed by atoms with E-state index in [0.29, 0.717) is 0 Å². The van der Waals surface area contributed by atoms with Gasteiger partial charge in [-0.15, -0.1) is 0 Å². The van der Waals surface area contributed by atoms with Gasteiger partial charge in [-0.3, -0.25) is 0 Å². The molecular formula is C9H8BrFO3. The lowest BCUT2D eigenvalue weighted by atomic mass is 10.1. The molecule has 1 rings (SSSR count). The number of aliphatic hydroxyl groups is 1. The van der Waals surface area contributed by atoms with E-state index in [0.717, 1.165) is 13.2 Å². The van der Waals surface area contributed by atoms with Crippen LogP contribution in [0.25, 0.3) is 0 Å². The predicted octanol–water partition coefficient (Wildman–Crippen LogP) is 1.79. The third-order valence-corrected chi connectivity index (χ3v) is 2.33. The number of rotatable bonds is 2. The highest BCUT2D eigenvalue weighted by Crippen LogP contribution is 2.21. The van der Waals surface area contributed by atoms with E-state index in [4.69, 9.17) is 0 Å². The van der Waals surface area contributed by atoms with Gasteiger partial charge in [0.05, 0.1) is 11.6 Å². The minimum Gasteiger partial charge on any atom is -0.467 e. The highest BCUT2D eigenvalue weighted by molar-refractivity contribution is 9.10. The third kappa shape index (κ3) is 2.30. The average Bonchev–Trinajstić information content (AvgIpc) is 2.20. The van der Waals surface area contributed by atoms with E-state index in [1.807, 2.05) is 0 Å². The Kier molecular flexibility index (Phi) is 3.60. The highest BCUT2D eigenvalue weighted by Gasteiger charge is 2.18. The van der Waals surface area contributed by atoms with Crippen molar-refractivity contribution in [2.24, 2.45) is 0 Å². The van der Waals surface area contributed by atoms with Gasteiger partial charge in [0.2, 0.25) is 0 Å². The Labute approximate surface area is 88.6 Å². The molecule has 0 aliphatic heterocycles. The van der Waals surface area contributed by atoms with Crippen LogP contribution in [0.4, 0.5) is 4.39 Å². The third-order valence-electron chi connectivity index (χ3n) is 1.68. The average molecular weight is 263 g/mol. The molecule has 0 radical (unpaired) electrons. The standard InChI is InChI=1S/C9H8BrFO3/c1-14-9(13)8(12)5-2-3-6(10)7(11)4-5/h2-4,8,12H,1H3. The number of ether oxygens (including phenoxy) is 1. The summed E-state index contributed by atoms with van der Waals surface area (Å²) in [6.07, 6.45) is -1.44. The van der Waals surface area contributed by atoms with E-state index in [-0.39, 0.29) is 10.0 Å². The summed E-state index contributed by atoms with van der Waals surface area (Å²) >= 11 is 2.96. The van der Waals surface area contributed by atoms with Gasteiger partial charge in [0.15, 0.2) is 6.10 Å². The minimum absolute atomic E-state index is 0.164. The molecule has 0 saturated heterocycles. The first-order valence-corrected chi connectivity index (χ1v) is 4.56. The van der Waals surface area contributed by atoms with E-state index in [9.17, 15) is 14.3 Å². The fourth-order valence-corrected chi connectivity index (χ4v) is 1.18. The summed E-state index contributed by atoms with van der Waals surface area (Å²) in [6, 6.07) is 3.93. The second kappa shape index (κ2) is 4.52. The summed E-state index contributed by atoms with van der Waals surface area (Å²) in [5.41, 5.74) is 0.164. The zero-order chi connectivity index (χ0) is 10.7. The molecule has 0 aromatic heterocycles. The molecule has 76 valence electrons. The van der Waals surface area contributed by atoms with Crippen molar-refractivity contribution in [2.45, 2.75) is 6.10 Å². The van der Waals surface area contributed by atoms with Crippen molar-refractivity contribution in [3.63, 3.8) is 0 Å². The lowest BCUT2D eigenvalue weighted by Crippen LogP contribution is -2.13. The molecule has 0 bridgehead atoms. The molecule has 1 unspecified atom stereocenters. The summed E-state index contributed by atoms with van der Waals surface area (Å²) in [5.74, 6) is -1.35. The van der Waals surface area contributed by atoms with Crippen LogP contribution >= 0.6 is 15.9 Å². The topological polar surface area (TPSA) is 46.5 Å². The molecule has 1 aromatic carbocycles. The quantitative estimate of drug-likeness (QED) is 0.827. The second-order valence-electron chi connectivity index (χ2n) is 2.60. The van der Waals surface area contributed by atoms with E-state index in [1.165, 1.54) is 12.1 Å². The van der Waals surface area contributed by atoms with E-state index >= 15 is 0 Å². The first kappa shape index (κ1) is 11.1. The Morgan fingerprint density at radius 1 is 1.64 bits per heavy atom. The van der Waals surface area contributed by atoms with Crippen LogP contribution in [0.1, 0.15) is 11.7 Å². The largest absolute Gasteiger partial charge is 0.467 e. The van der Waals surface area contributed by atoms with Gasteiger partial charge in [0.25, 0.3) is 0 Å². The summed E-state index contributed by atoms with van der Waals surface area (Å²) in [5, 5.41) is 9.35. The minimum atomic E-state index is -1.44. The number of methoxy groups -OCH3 is 1. The lowest BCUT2D eigenvalue weighted by Gasteiger charge is -2.08. The highest BCUT2D eigenvalue weighted by atomic mass is 79.9. The van der Waals surface area contributed by atoms with Crippen LogP contribution < -0.4 is 0 Å². The Balaban J connectivity index is 2.96. The number of hydrogen-bond donors (Lipinski definition) is 1. The van der Waals surface area contributed by atoms with Gasteiger partial charge in [-0.1, -0.05) is 6.07 Å². The van der Waals surface area contributed by atoms with Crippen LogP contribution in [0.3, 0.4) is 0 Å². The van der Waals surface area contributed by atoms with Crippen LogP contribution in [0, 0.1) is 5.82 Å². The van der Waals surface area contributed by atoms with Crippen molar-refractivity contribution in [1.82, 2.24) is 0 Å². The zero-order valence-corrected chi connectivity index (χ0v) is 8.92. The summed E-state index contributed by atoms with van der Waals surface area (Å²) in [7, 11) is 1.15. The molecule has 0 saturated carbocycles. The van der Waals surface area contributed by atoms with Gasteiger partial charge in [0.1, 0.15) is 5.82 Å². The Bertz CT molecular complexity index is 354. The second-order valence-corrected chi connectivity index (χ2v) is 3.45. The van der Waals surface area contributed by atoms with Crippen LogP contribution in [0.15, 0.2) is 22.7 Å². The molecular weight excluding hydrogens is 255 g/mol. The molecule has 0 spiro atoms. The van der Waals surface area contributed by atoms with Crippen molar-refractivity contribution in [1.29, 1.82) is 0 Å². The molecule has 14 heavy (non-hydrogen) atoms. The van der Waals surface area contributed by atoms with Crippen molar-refractivity contribution < 1.29 is 19.0 Å². The van der Waals surface area contributed by atoms with Crippen LogP contribution in [0.2, 0.25) is 0 Å². The van der Waals surface area contributed by atoms with Crippen LogP contribution in [-0.2, 0) is 9.53 Å². The SMILES string of the molecule is COC(=O)C(O)c1ccc(Br)c(F)c1. The van der Waals surface area contributed by atoms with Crippen molar-refractivity contribution in [2.75, 3.05) is 7.11 Å². The van der Waals surface area contributed by atoms with Gasteiger partial charge in [-0.25, -0.2) is 9.18 Å². The molecule has 1 N–H and O–H groups in total. The lowest BCUT2D eigenvalue weighted by molar-refractivity contribution is -0.150. The number of carbonyl (C=O) groups is 1. The first-order valence-electron chi connectivity index (χ1n) is 3.77. The fourth-order valence-electron chi connectivity index (χ4n) is 0.930. The van der Waals surface area contributed by atoms with E-state index in [1.54, 1.807) is 0 Å². The van der Waals surface area contributed by atoms with E-state index in [2.05, 4.69) is 20.7 Å². The Morgan fingerprint density at radius 2 is 2.29 bits per heavy atom. The number of aliphatic hydroxyl groups excluding tert-OH is 1. The first-order chi connectivity index (χ1) is 6.56. The Morgan fingerprint density at radius 3 is 2.79 bits per heavy atom. The molecule has 0 amide bonds. The van der Waals surface area contributed by atoms with Crippen molar-refractivity contribution in [3.8, 4) is 0 Å². The molecule has 3 nitrogen and oxygen atoms in total. The molecule has 0 fully saturated rings. The monoisotopic (exact) mass is 262 g/mol. The molecule has 1 atom stereocenters. The van der Waals surface area contributed by atoms with Gasteiger partial charge < -0.3 is 9.84 Å². The molecule has 0 heterocycles. The molecule has 0 aliphatic rings. The van der Waals surface area contributed by atoms with Gasteiger partial charge >= 0.3 is 5.97 Å². The van der Waals surface area contributed by atoms with Crippen molar-refractivity contribution in [3.05, 3.63) is 34.1 Å². The number of hydrogen-bond acceptors (Lipinski definition) is 3. The summed E-state index contributed by atoms with van der Waals surface area (Å²) in [6.45, 7) is 0. The maximum atomic E-state index is 13.0. The van der Waals surface area contributed by atoms with Crippen molar-refractivity contribution >= 4 is 21.9 Å². The zero-order valence-electron chi connectivity index (χ0n) is 7.33. The fraction of sp³-hybridized carbons (Fsp3) is 0.222. The van der Waals surface area contributed by atoms with Gasteiger partial charge in [-0.05, 0) is 33.6 Å². The number of esters is 1. The van der Waals surface area contributed by atoms with Gasteiger partial charge in [0, 0.05) is 0 Å². The number of halogens is 2. The maximum absolute atomic E-state index is 13.0. The molecule has 1 aromatic rings. The van der Waals surface area contributed by atoms with Crippen LogP contribution in [-0.4, -0.2) is 18.2 Å². The van der Waals surface area contributed by atoms with Crippen LogP contribution in [0.5, 0.6) is 0 Å². The summed E-state index contributed by atoms with van der Waals surface area (Å²) in [4.78, 5) is 10.9. The predicted molar refractivity (Wildman–Crippen MR) is 51.1 cm³/mol. The summed E-state index contributed by atoms with van der Waals surface area (Å²) < 4.78 is 17.6.